The van der Waals surface area contributed by atoms with E-state index in [4.69, 9.17) is 11.5 Å². The van der Waals surface area contributed by atoms with Gasteiger partial charge in [-0.25, -0.2) is 4.79 Å². The molecular weight excluding hydrogens is 442 g/mol. The number of aliphatic carboxylic acids is 1. The molecule has 0 spiro atoms. The van der Waals surface area contributed by atoms with Crippen LogP contribution in [0.1, 0.15) is 58.8 Å². The Morgan fingerprint density at radius 3 is 2.44 bits per heavy atom. The summed E-state index contributed by atoms with van der Waals surface area (Å²) < 4.78 is 0. The monoisotopic (exact) mass is 481 g/mol. The van der Waals surface area contributed by atoms with Crippen molar-refractivity contribution in [1.82, 2.24) is 20.9 Å². The van der Waals surface area contributed by atoms with E-state index >= 15 is 0 Å². The van der Waals surface area contributed by atoms with Gasteiger partial charge in [0.2, 0.25) is 17.7 Å². The van der Waals surface area contributed by atoms with E-state index in [1.165, 1.54) is 4.90 Å². The molecule has 12 nitrogen and oxygen atoms in total. The SMILES string of the molecule is CC(C)CC(NC(=O)C(CCCN=C(N)N)NC(=O)C1CCCN1)C(=O)N1CCCC1C(=O)O. The van der Waals surface area contributed by atoms with Crippen molar-refractivity contribution in [2.24, 2.45) is 22.4 Å². The Kier molecular flexibility index (Phi) is 10.6. The van der Waals surface area contributed by atoms with Crippen molar-refractivity contribution in [2.45, 2.75) is 83.0 Å². The van der Waals surface area contributed by atoms with Gasteiger partial charge in [0.1, 0.15) is 18.1 Å². The van der Waals surface area contributed by atoms with E-state index in [0.29, 0.717) is 45.2 Å². The van der Waals surface area contributed by atoms with Crippen LogP contribution in [-0.4, -0.2) is 83.5 Å². The third-order valence-electron chi connectivity index (χ3n) is 6.10. The molecule has 2 saturated heterocycles. The van der Waals surface area contributed by atoms with Gasteiger partial charge in [-0.05, 0) is 57.4 Å². The minimum Gasteiger partial charge on any atom is -0.480 e. The molecule has 8 N–H and O–H groups in total. The first-order chi connectivity index (χ1) is 16.1. The standard InChI is InChI=1S/C22H39N7O5/c1-13(2)12-16(20(32)29-11-5-8-17(29)21(33)34)28-19(31)15(7-4-10-26-22(23)24)27-18(30)14-6-3-9-25-14/h13-17,25H,3-12H2,1-2H3,(H,27,30)(H,28,31)(H,33,34)(H4,23,24,26). The Labute approximate surface area is 200 Å². The lowest BCUT2D eigenvalue weighted by molar-refractivity contribution is -0.149. The first-order valence-corrected chi connectivity index (χ1v) is 12.0. The molecule has 4 atom stereocenters. The maximum atomic E-state index is 13.2. The molecule has 2 aliphatic heterocycles. The van der Waals surface area contributed by atoms with Crippen LogP contribution in [0.25, 0.3) is 0 Å². The third-order valence-corrected chi connectivity index (χ3v) is 6.10. The van der Waals surface area contributed by atoms with Gasteiger partial charge in [-0.2, -0.15) is 0 Å². The zero-order valence-corrected chi connectivity index (χ0v) is 20.1. The summed E-state index contributed by atoms with van der Waals surface area (Å²) in [6.07, 6.45) is 3.64. The lowest BCUT2D eigenvalue weighted by Gasteiger charge is -2.29. The molecule has 0 saturated carbocycles. The highest BCUT2D eigenvalue weighted by molar-refractivity contribution is 5.94. The Morgan fingerprint density at radius 1 is 1.12 bits per heavy atom. The van der Waals surface area contributed by atoms with Crippen molar-refractivity contribution in [3.8, 4) is 0 Å². The Balaban J connectivity index is 2.12. The van der Waals surface area contributed by atoms with Gasteiger partial charge < -0.3 is 37.4 Å². The second-order valence-electron chi connectivity index (χ2n) is 9.38. The summed E-state index contributed by atoms with van der Waals surface area (Å²) in [4.78, 5) is 55.9. The normalized spacial score (nSPS) is 21.7. The molecule has 0 aliphatic carbocycles. The van der Waals surface area contributed by atoms with E-state index in [-0.39, 0.29) is 30.2 Å². The van der Waals surface area contributed by atoms with Gasteiger partial charge in [0.25, 0.3) is 0 Å². The fourth-order valence-corrected chi connectivity index (χ4v) is 4.41. The van der Waals surface area contributed by atoms with Gasteiger partial charge in [0.05, 0.1) is 6.04 Å². The molecular formula is C22H39N7O5. The predicted octanol–water partition coefficient (Wildman–Crippen LogP) is -1.12. The van der Waals surface area contributed by atoms with E-state index in [0.717, 1.165) is 13.0 Å². The fourth-order valence-electron chi connectivity index (χ4n) is 4.41. The average Bonchev–Trinajstić information content (AvgIpc) is 3.46. The summed E-state index contributed by atoms with van der Waals surface area (Å²) >= 11 is 0. The summed E-state index contributed by atoms with van der Waals surface area (Å²) in [5, 5.41) is 18.2. The molecule has 0 aromatic heterocycles. The van der Waals surface area contributed by atoms with Crippen LogP contribution in [0.5, 0.6) is 0 Å². The second kappa shape index (κ2) is 13.1. The van der Waals surface area contributed by atoms with E-state index in [1.54, 1.807) is 0 Å². The van der Waals surface area contributed by atoms with E-state index in [1.807, 2.05) is 13.8 Å². The average molecular weight is 482 g/mol. The van der Waals surface area contributed by atoms with Crippen LogP contribution >= 0.6 is 0 Å². The number of carbonyl (C=O) groups is 4. The number of nitrogens with zero attached hydrogens (tertiary/aromatic N) is 2. The fraction of sp³-hybridized carbons (Fsp3) is 0.773. The molecule has 34 heavy (non-hydrogen) atoms. The van der Waals surface area contributed by atoms with Gasteiger partial charge in [0, 0.05) is 13.1 Å². The van der Waals surface area contributed by atoms with E-state index < -0.39 is 35.9 Å². The molecule has 3 amide bonds. The third kappa shape index (κ3) is 8.15. The molecule has 0 aromatic carbocycles. The molecule has 0 aromatic rings. The Morgan fingerprint density at radius 2 is 1.85 bits per heavy atom. The van der Waals surface area contributed by atoms with Crippen LogP contribution in [0.3, 0.4) is 0 Å². The molecule has 192 valence electrons. The van der Waals surface area contributed by atoms with Crippen molar-refractivity contribution in [2.75, 3.05) is 19.6 Å². The molecule has 0 radical (unpaired) electrons. The van der Waals surface area contributed by atoms with Crippen LogP contribution < -0.4 is 27.4 Å². The molecule has 12 heteroatoms. The molecule has 2 aliphatic rings. The van der Waals surface area contributed by atoms with Crippen molar-refractivity contribution in [3.63, 3.8) is 0 Å². The van der Waals surface area contributed by atoms with E-state index in [9.17, 15) is 24.3 Å². The number of carbonyl (C=O) groups excluding carboxylic acids is 3. The molecule has 2 rings (SSSR count). The highest BCUT2D eigenvalue weighted by Crippen LogP contribution is 2.20. The zero-order chi connectivity index (χ0) is 25.3. The lowest BCUT2D eigenvalue weighted by Crippen LogP contribution is -2.57. The number of nitrogens with one attached hydrogen (secondary N) is 3. The Hall–Kier alpha value is -2.89. The first-order valence-electron chi connectivity index (χ1n) is 12.0. The highest BCUT2D eigenvalue weighted by Gasteiger charge is 2.38. The largest absolute Gasteiger partial charge is 0.480 e. The number of nitrogens with two attached hydrogens (primary N) is 2. The number of guanidine groups is 1. The minimum absolute atomic E-state index is 0.0543. The van der Waals surface area contributed by atoms with Gasteiger partial charge in [-0.15, -0.1) is 0 Å². The molecule has 4 unspecified atom stereocenters. The summed E-state index contributed by atoms with van der Waals surface area (Å²) in [5.74, 6) is -2.18. The number of rotatable bonds is 12. The number of hydrogen-bond donors (Lipinski definition) is 6. The lowest BCUT2D eigenvalue weighted by atomic mass is 10.0. The number of carboxylic acid groups (broad SMARTS) is 1. The van der Waals surface area contributed by atoms with E-state index in [2.05, 4.69) is 20.9 Å². The van der Waals surface area contributed by atoms with Crippen LogP contribution in [0.15, 0.2) is 4.99 Å². The smallest absolute Gasteiger partial charge is 0.326 e. The molecule has 2 fully saturated rings. The van der Waals surface area contributed by atoms with Crippen molar-refractivity contribution in [1.29, 1.82) is 0 Å². The van der Waals surface area contributed by atoms with Crippen LogP contribution in [0.2, 0.25) is 0 Å². The highest BCUT2D eigenvalue weighted by atomic mass is 16.4. The molecule has 0 bridgehead atoms. The van der Waals surface area contributed by atoms with Crippen LogP contribution in [0.4, 0.5) is 0 Å². The van der Waals surface area contributed by atoms with Crippen LogP contribution in [-0.2, 0) is 19.2 Å². The summed E-state index contributed by atoms with van der Waals surface area (Å²) in [5.41, 5.74) is 10.7. The number of carboxylic acids is 1. The van der Waals surface area contributed by atoms with Gasteiger partial charge in [-0.1, -0.05) is 13.8 Å². The number of amides is 3. The summed E-state index contributed by atoms with van der Waals surface area (Å²) in [7, 11) is 0. The van der Waals surface area contributed by atoms with Gasteiger partial charge in [-0.3, -0.25) is 19.4 Å². The number of aliphatic imine (C=N–C) groups is 1. The van der Waals surface area contributed by atoms with Crippen molar-refractivity contribution >= 4 is 29.7 Å². The maximum absolute atomic E-state index is 13.2. The van der Waals surface area contributed by atoms with Crippen molar-refractivity contribution in [3.05, 3.63) is 0 Å². The first kappa shape index (κ1) is 27.4. The Bertz CT molecular complexity index is 763. The topological polar surface area (TPSA) is 192 Å². The predicted molar refractivity (Wildman–Crippen MR) is 127 cm³/mol. The number of hydrogen-bond acceptors (Lipinski definition) is 6. The van der Waals surface area contributed by atoms with Crippen molar-refractivity contribution < 1.29 is 24.3 Å². The summed E-state index contributed by atoms with van der Waals surface area (Å²) in [6, 6.07) is -3.00. The number of likely N-dealkylation sites (tertiary alicyclic amines) is 1. The maximum Gasteiger partial charge on any atom is 0.326 e. The van der Waals surface area contributed by atoms with Crippen LogP contribution in [0, 0.1) is 5.92 Å². The second-order valence-corrected chi connectivity index (χ2v) is 9.38. The minimum atomic E-state index is -1.05. The van der Waals surface area contributed by atoms with Gasteiger partial charge in [0.15, 0.2) is 5.96 Å². The van der Waals surface area contributed by atoms with Gasteiger partial charge >= 0.3 is 5.97 Å². The quantitative estimate of drug-likeness (QED) is 0.115. The molecule has 2 heterocycles. The zero-order valence-electron chi connectivity index (χ0n) is 20.1. The summed E-state index contributed by atoms with van der Waals surface area (Å²) in [6.45, 7) is 5.22.